The minimum atomic E-state index is 0.0677. The monoisotopic (exact) mass is 261 g/mol. The van der Waals surface area contributed by atoms with E-state index in [0.717, 1.165) is 44.0 Å². The number of nitrogens with two attached hydrogens (primary N) is 1. The molecule has 1 aromatic carbocycles. The lowest BCUT2D eigenvalue weighted by atomic mass is 9.95. The van der Waals surface area contributed by atoms with Gasteiger partial charge in [0, 0.05) is 31.7 Å². The van der Waals surface area contributed by atoms with Gasteiger partial charge in [-0.25, -0.2) is 0 Å². The van der Waals surface area contributed by atoms with E-state index >= 15 is 0 Å². The highest BCUT2D eigenvalue weighted by Gasteiger charge is 2.33. The van der Waals surface area contributed by atoms with Crippen LogP contribution in [0, 0.1) is 0 Å². The van der Waals surface area contributed by atoms with Crippen LogP contribution < -0.4 is 10.5 Å². The van der Waals surface area contributed by atoms with Crippen molar-refractivity contribution in [2.24, 2.45) is 5.73 Å². The lowest BCUT2D eigenvalue weighted by molar-refractivity contribution is 0.0514. The average Bonchev–Trinajstić information content (AvgIpc) is 2.48. The number of likely N-dealkylation sites (N-methyl/N-ethyl adjacent to an activating group) is 1. The highest BCUT2D eigenvalue weighted by molar-refractivity contribution is 5.38. The normalized spacial score (nSPS) is 28.7. The van der Waals surface area contributed by atoms with Gasteiger partial charge in [-0.2, -0.15) is 0 Å². The topological polar surface area (TPSA) is 41.7 Å². The zero-order valence-corrected chi connectivity index (χ0v) is 11.6. The maximum absolute atomic E-state index is 6.45. The number of rotatable bonds is 2. The number of ether oxygens (including phenoxy) is 1. The maximum atomic E-state index is 6.45. The van der Waals surface area contributed by atoms with E-state index in [4.69, 9.17) is 10.5 Å². The van der Waals surface area contributed by atoms with Crippen molar-refractivity contribution in [3.8, 4) is 5.75 Å². The fourth-order valence-electron chi connectivity index (χ4n) is 3.12. The van der Waals surface area contributed by atoms with Crippen molar-refractivity contribution in [2.45, 2.75) is 19.0 Å². The summed E-state index contributed by atoms with van der Waals surface area (Å²) in [5.41, 5.74) is 7.60. The molecule has 0 spiro atoms. The smallest absolute Gasteiger partial charge is 0.124 e. The summed E-state index contributed by atoms with van der Waals surface area (Å²) in [6.07, 6.45) is 0. The van der Waals surface area contributed by atoms with E-state index < -0.39 is 0 Å². The second-order valence-electron chi connectivity index (χ2n) is 5.41. The van der Waals surface area contributed by atoms with E-state index in [1.807, 2.05) is 18.2 Å². The van der Waals surface area contributed by atoms with Crippen LogP contribution in [0.3, 0.4) is 0 Å². The zero-order valence-electron chi connectivity index (χ0n) is 11.6. The van der Waals surface area contributed by atoms with Crippen LogP contribution in [-0.4, -0.2) is 55.2 Å². The number of fused-ring (bicyclic) bond motifs is 1. The second-order valence-corrected chi connectivity index (χ2v) is 5.41. The Labute approximate surface area is 115 Å². The molecule has 4 heteroatoms. The van der Waals surface area contributed by atoms with E-state index in [1.54, 1.807) is 0 Å². The van der Waals surface area contributed by atoms with Crippen LogP contribution in [0.2, 0.25) is 0 Å². The Balaban J connectivity index is 1.71. The van der Waals surface area contributed by atoms with E-state index in [1.165, 1.54) is 0 Å². The summed E-state index contributed by atoms with van der Waals surface area (Å²) < 4.78 is 5.88. The van der Waals surface area contributed by atoms with E-state index in [-0.39, 0.29) is 6.04 Å². The fourth-order valence-corrected chi connectivity index (χ4v) is 3.12. The van der Waals surface area contributed by atoms with Gasteiger partial charge in [-0.3, -0.25) is 4.90 Å². The molecule has 1 saturated heterocycles. The average molecular weight is 261 g/mol. The molecule has 2 aliphatic rings. The van der Waals surface area contributed by atoms with Crippen LogP contribution >= 0.6 is 0 Å². The first-order valence-electron chi connectivity index (χ1n) is 7.23. The van der Waals surface area contributed by atoms with Crippen LogP contribution in [0.5, 0.6) is 5.75 Å². The van der Waals surface area contributed by atoms with Gasteiger partial charge in [-0.15, -0.1) is 0 Å². The quantitative estimate of drug-likeness (QED) is 0.865. The van der Waals surface area contributed by atoms with Crippen LogP contribution in [0.25, 0.3) is 0 Å². The SMILES string of the molecule is CCN1CCN(C2COc3ccccc3C2N)CC1. The number of piperazine rings is 1. The Morgan fingerprint density at radius 1 is 1.21 bits per heavy atom. The Morgan fingerprint density at radius 2 is 1.95 bits per heavy atom. The van der Waals surface area contributed by atoms with Gasteiger partial charge in [0.15, 0.2) is 0 Å². The van der Waals surface area contributed by atoms with Crippen LogP contribution in [0.4, 0.5) is 0 Å². The molecule has 0 saturated carbocycles. The lowest BCUT2D eigenvalue weighted by Crippen LogP contribution is -2.55. The van der Waals surface area contributed by atoms with Crippen LogP contribution in [-0.2, 0) is 0 Å². The Hall–Kier alpha value is -1.10. The van der Waals surface area contributed by atoms with E-state index in [2.05, 4.69) is 22.8 Å². The van der Waals surface area contributed by atoms with Gasteiger partial charge < -0.3 is 15.4 Å². The van der Waals surface area contributed by atoms with Gasteiger partial charge in [0.2, 0.25) is 0 Å². The molecule has 2 unspecified atom stereocenters. The number of para-hydroxylation sites is 1. The van der Waals surface area contributed by atoms with Crippen molar-refractivity contribution in [1.29, 1.82) is 0 Å². The van der Waals surface area contributed by atoms with Gasteiger partial charge in [0.25, 0.3) is 0 Å². The van der Waals surface area contributed by atoms with E-state index in [9.17, 15) is 0 Å². The molecule has 2 atom stereocenters. The van der Waals surface area contributed by atoms with Crippen molar-refractivity contribution in [1.82, 2.24) is 9.80 Å². The van der Waals surface area contributed by atoms with Crippen molar-refractivity contribution in [2.75, 3.05) is 39.3 Å². The van der Waals surface area contributed by atoms with Crippen LogP contribution in [0.1, 0.15) is 18.5 Å². The molecule has 0 aliphatic carbocycles. The molecule has 2 heterocycles. The largest absolute Gasteiger partial charge is 0.492 e. The third-order valence-electron chi connectivity index (χ3n) is 4.43. The molecular weight excluding hydrogens is 238 g/mol. The van der Waals surface area contributed by atoms with Gasteiger partial charge in [-0.05, 0) is 12.6 Å². The number of hydrogen-bond acceptors (Lipinski definition) is 4. The number of hydrogen-bond donors (Lipinski definition) is 1. The predicted molar refractivity (Wildman–Crippen MR) is 76.3 cm³/mol. The summed E-state index contributed by atoms with van der Waals surface area (Å²) in [7, 11) is 0. The third-order valence-corrected chi connectivity index (χ3v) is 4.43. The highest BCUT2D eigenvalue weighted by Crippen LogP contribution is 2.32. The zero-order chi connectivity index (χ0) is 13.2. The molecule has 2 N–H and O–H groups in total. The van der Waals surface area contributed by atoms with Crippen molar-refractivity contribution in [3.63, 3.8) is 0 Å². The Morgan fingerprint density at radius 3 is 2.68 bits per heavy atom. The number of nitrogens with zero attached hydrogens (tertiary/aromatic N) is 2. The molecule has 0 bridgehead atoms. The van der Waals surface area contributed by atoms with Gasteiger partial charge in [0.05, 0.1) is 12.1 Å². The minimum Gasteiger partial charge on any atom is -0.492 e. The fraction of sp³-hybridized carbons (Fsp3) is 0.600. The third kappa shape index (κ3) is 2.48. The first-order valence-corrected chi connectivity index (χ1v) is 7.23. The first-order chi connectivity index (χ1) is 9.29. The summed E-state index contributed by atoms with van der Waals surface area (Å²) >= 11 is 0. The summed E-state index contributed by atoms with van der Waals surface area (Å²) in [6.45, 7) is 8.55. The molecule has 0 aromatic heterocycles. The summed E-state index contributed by atoms with van der Waals surface area (Å²) in [6, 6.07) is 8.53. The van der Waals surface area contributed by atoms with Crippen molar-refractivity contribution >= 4 is 0 Å². The summed E-state index contributed by atoms with van der Waals surface area (Å²) in [4.78, 5) is 4.98. The molecule has 0 radical (unpaired) electrons. The maximum Gasteiger partial charge on any atom is 0.124 e. The first kappa shape index (κ1) is 12.9. The van der Waals surface area contributed by atoms with Gasteiger partial charge in [0.1, 0.15) is 12.4 Å². The van der Waals surface area contributed by atoms with Crippen molar-refractivity contribution < 1.29 is 4.74 Å². The minimum absolute atomic E-state index is 0.0677. The molecule has 0 amide bonds. The molecule has 2 aliphatic heterocycles. The van der Waals surface area contributed by atoms with Gasteiger partial charge in [-0.1, -0.05) is 25.1 Å². The van der Waals surface area contributed by atoms with Gasteiger partial charge >= 0.3 is 0 Å². The summed E-state index contributed by atoms with van der Waals surface area (Å²) in [5, 5.41) is 0. The summed E-state index contributed by atoms with van der Waals surface area (Å²) in [5.74, 6) is 0.957. The second kappa shape index (κ2) is 5.49. The molecule has 3 rings (SSSR count). The lowest BCUT2D eigenvalue weighted by Gasteiger charge is -2.43. The van der Waals surface area contributed by atoms with Crippen molar-refractivity contribution in [3.05, 3.63) is 29.8 Å². The molecule has 4 nitrogen and oxygen atoms in total. The molecule has 1 fully saturated rings. The molecular formula is C15H23N3O. The molecule has 1 aromatic rings. The Bertz CT molecular complexity index is 429. The standard InChI is InChI=1S/C15H23N3O/c1-2-17-7-9-18(10-8-17)13-11-19-14-6-4-3-5-12(14)15(13)16/h3-6,13,15H,2,7-11,16H2,1H3. The predicted octanol–water partition coefficient (Wildman–Crippen LogP) is 1.08. The molecule has 19 heavy (non-hydrogen) atoms. The Kier molecular flexibility index (Phi) is 3.73. The molecule has 104 valence electrons. The van der Waals surface area contributed by atoms with Crippen LogP contribution in [0.15, 0.2) is 24.3 Å². The van der Waals surface area contributed by atoms with E-state index in [0.29, 0.717) is 12.6 Å². The number of benzene rings is 1. The highest BCUT2D eigenvalue weighted by atomic mass is 16.5.